The molecule has 2 aromatic carbocycles. The molecule has 1 N–H and O–H groups in total. The second-order valence-corrected chi connectivity index (χ2v) is 11.9. The molecule has 2 aliphatic carbocycles. The van der Waals surface area contributed by atoms with Crippen molar-refractivity contribution in [3.63, 3.8) is 0 Å². The van der Waals surface area contributed by atoms with E-state index in [1.165, 1.54) is 17.8 Å². The largest absolute Gasteiger partial charge is 0.496 e. The first-order valence-electron chi connectivity index (χ1n) is 14.9. The Balaban J connectivity index is 1.34. The first-order chi connectivity index (χ1) is 20.1. The van der Waals surface area contributed by atoms with E-state index < -0.39 is 11.9 Å². The number of carbonyl (C=O) groups excluding carboxylic acids is 1. The van der Waals surface area contributed by atoms with Crippen LogP contribution in [0, 0.1) is 18.8 Å². The van der Waals surface area contributed by atoms with Crippen molar-refractivity contribution in [2.45, 2.75) is 76.5 Å². The average Bonchev–Trinajstić information content (AvgIpc) is 3.00. The van der Waals surface area contributed by atoms with Crippen molar-refractivity contribution in [3.05, 3.63) is 77.6 Å². The Kier molecular flexibility index (Phi) is 9.21. The van der Waals surface area contributed by atoms with Gasteiger partial charge in [0.05, 0.1) is 13.2 Å². The number of ether oxygens (including phenoxy) is 1. The molecule has 0 radical (unpaired) electrons. The number of amides is 1. The summed E-state index contributed by atoms with van der Waals surface area (Å²) >= 11 is 0. The number of aliphatic hydroxyl groups is 1. The van der Waals surface area contributed by atoms with E-state index in [1.807, 2.05) is 35.2 Å². The van der Waals surface area contributed by atoms with Crippen molar-refractivity contribution in [2.24, 2.45) is 11.8 Å². The Labute approximate surface area is 245 Å². The van der Waals surface area contributed by atoms with Crippen LogP contribution in [-0.4, -0.2) is 35.8 Å². The smallest absolute Gasteiger partial charge is 0.433 e. The third-order valence-corrected chi connectivity index (χ3v) is 9.03. The van der Waals surface area contributed by atoms with Crippen molar-refractivity contribution >= 4 is 11.6 Å². The van der Waals surface area contributed by atoms with E-state index in [1.54, 1.807) is 7.11 Å². The molecule has 3 aromatic rings. The normalized spacial score (nSPS) is 22.9. The molecule has 1 heterocycles. The standard InChI is InChI=1S/C34H39F3N2O3/c1-22-18-27(12-16-31(22)42-2)24-8-6-23(7-9-24)21-39(33(41)25-10-14-30(40)15-11-25)29-5-3-4-26(19-29)28-13-17-32(38-20-28)34(35,36)37/h3-5,12-13,16-20,23-25,30,40H,6-11,14-15,21H2,1-2H3/t23-,24-,25-,30-. The number of aryl methyl sites for hydroxylation is 1. The molecular weight excluding hydrogens is 541 g/mol. The Morgan fingerprint density at radius 3 is 2.31 bits per heavy atom. The van der Waals surface area contributed by atoms with Crippen LogP contribution in [0.1, 0.15) is 74.1 Å². The Bertz CT molecular complexity index is 1360. The van der Waals surface area contributed by atoms with Crippen molar-refractivity contribution in [2.75, 3.05) is 18.6 Å². The van der Waals surface area contributed by atoms with E-state index in [0.717, 1.165) is 48.8 Å². The highest BCUT2D eigenvalue weighted by Gasteiger charge is 2.33. The summed E-state index contributed by atoms with van der Waals surface area (Å²) in [5.41, 5.74) is 3.56. The first kappa shape index (κ1) is 30.1. The molecule has 1 aromatic heterocycles. The number of carbonyl (C=O) groups is 1. The number of nitrogens with zero attached hydrogens (tertiary/aromatic N) is 2. The first-order valence-corrected chi connectivity index (χ1v) is 14.9. The minimum Gasteiger partial charge on any atom is -0.496 e. The Morgan fingerprint density at radius 2 is 1.69 bits per heavy atom. The lowest BCUT2D eigenvalue weighted by molar-refractivity contribution is -0.141. The summed E-state index contributed by atoms with van der Waals surface area (Å²) in [5, 5.41) is 10.0. The fourth-order valence-electron chi connectivity index (χ4n) is 6.54. The molecule has 2 fully saturated rings. The molecule has 42 heavy (non-hydrogen) atoms. The van der Waals surface area contributed by atoms with Gasteiger partial charge in [-0.1, -0.05) is 30.3 Å². The van der Waals surface area contributed by atoms with E-state index in [-0.39, 0.29) is 17.9 Å². The third kappa shape index (κ3) is 6.97. The minimum atomic E-state index is -4.50. The lowest BCUT2D eigenvalue weighted by Crippen LogP contribution is -2.41. The van der Waals surface area contributed by atoms with E-state index in [0.29, 0.717) is 55.2 Å². The van der Waals surface area contributed by atoms with Crippen LogP contribution in [0.4, 0.5) is 18.9 Å². The fourth-order valence-corrected chi connectivity index (χ4v) is 6.54. The molecule has 0 spiro atoms. The highest BCUT2D eigenvalue weighted by molar-refractivity contribution is 5.95. The summed E-state index contributed by atoms with van der Waals surface area (Å²) in [5.74, 6) is 1.63. The Hall–Kier alpha value is -3.39. The molecule has 2 aliphatic rings. The van der Waals surface area contributed by atoms with Crippen LogP contribution in [-0.2, 0) is 11.0 Å². The van der Waals surface area contributed by atoms with Crippen LogP contribution in [0.25, 0.3) is 11.1 Å². The Morgan fingerprint density at radius 1 is 0.952 bits per heavy atom. The van der Waals surface area contributed by atoms with E-state index in [9.17, 15) is 23.1 Å². The van der Waals surface area contributed by atoms with Crippen molar-refractivity contribution in [1.29, 1.82) is 0 Å². The maximum Gasteiger partial charge on any atom is 0.433 e. The summed E-state index contributed by atoms with van der Waals surface area (Å²) in [6.45, 7) is 2.66. The predicted octanol–water partition coefficient (Wildman–Crippen LogP) is 7.94. The van der Waals surface area contributed by atoms with Gasteiger partial charge in [0, 0.05) is 29.9 Å². The maximum absolute atomic E-state index is 14.0. The lowest BCUT2D eigenvalue weighted by atomic mass is 9.78. The zero-order valence-corrected chi connectivity index (χ0v) is 24.2. The lowest BCUT2D eigenvalue weighted by Gasteiger charge is -2.36. The highest BCUT2D eigenvalue weighted by Crippen LogP contribution is 2.39. The number of methoxy groups -OCH3 is 1. The summed E-state index contributed by atoms with van der Waals surface area (Å²) in [6.07, 6.45) is 3.04. The molecule has 0 saturated heterocycles. The molecule has 8 heteroatoms. The van der Waals surface area contributed by atoms with E-state index in [2.05, 4.69) is 24.0 Å². The van der Waals surface area contributed by atoms with Gasteiger partial charge < -0.3 is 14.7 Å². The van der Waals surface area contributed by atoms with Gasteiger partial charge in [-0.2, -0.15) is 13.2 Å². The van der Waals surface area contributed by atoms with Crippen LogP contribution in [0.2, 0.25) is 0 Å². The number of aliphatic hydroxyl groups excluding tert-OH is 1. The molecule has 0 bridgehead atoms. The summed E-state index contributed by atoms with van der Waals surface area (Å²) < 4.78 is 44.6. The average molecular weight is 581 g/mol. The number of anilines is 1. The van der Waals surface area contributed by atoms with E-state index in [4.69, 9.17) is 4.74 Å². The molecule has 0 atom stereocenters. The maximum atomic E-state index is 14.0. The number of hydrogen-bond donors (Lipinski definition) is 1. The van der Waals surface area contributed by atoms with E-state index >= 15 is 0 Å². The topological polar surface area (TPSA) is 62.7 Å². The van der Waals surface area contributed by atoms with Gasteiger partial charge in [-0.05, 0) is 111 Å². The summed E-state index contributed by atoms with van der Waals surface area (Å²) in [7, 11) is 1.69. The molecule has 2 saturated carbocycles. The quantitative estimate of drug-likeness (QED) is 0.308. The second-order valence-electron chi connectivity index (χ2n) is 11.9. The molecule has 5 nitrogen and oxygen atoms in total. The number of benzene rings is 2. The highest BCUT2D eigenvalue weighted by atomic mass is 19.4. The third-order valence-electron chi connectivity index (χ3n) is 9.03. The van der Waals surface area contributed by atoms with Crippen LogP contribution < -0.4 is 9.64 Å². The molecule has 1 amide bonds. The van der Waals surface area contributed by atoms with Gasteiger partial charge in [0.1, 0.15) is 11.4 Å². The van der Waals surface area contributed by atoms with Crippen LogP contribution in [0.15, 0.2) is 60.8 Å². The molecular formula is C34H39F3N2O3. The number of alkyl halides is 3. The van der Waals surface area contributed by atoms with Crippen LogP contribution in [0.3, 0.4) is 0 Å². The SMILES string of the molecule is COc1ccc([C@H]2CC[C@H](CN(c3cccc(-c4ccc(C(F)(F)F)nc4)c3)C(=O)[C@H]3CC[C@H](O)CC3)CC2)cc1C. The van der Waals surface area contributed by atoms with Gasteiger partial charge in [-0.3, -0.25) is 9.78 Å². The van der Waals surface area contributed by atoms with Gasteiger partial charge in [0.25, 0.3) is 0 Å². The zero-order valence-electron chi connectivity index (χ0n) is 24.2. The van der Waals surface area contributed by atoms with Crippen LogP contribution >= 0.6 is 0 Å². The zero-order chi connectivity index (χ0) is 29.9. The number of rotatable bonds is 7. The number of hydrogen-bond acceptors (Lipinski definition) is 4. The summed E-state index contributed by atoms with van der Waals surface area (Å²) in [4.78, 5) is 19.5. The second kappa shape index (κ2) is 12.9. The number of aromatic nitrogens is 1. The van der Waals surface area contributed by atoms with Crippen molar-refractivity contribution < 1.29 is 27.8 Å². The molecule has 0 aliphatic heterocycles. The molecule has 0 unspecified atom stereocenters. The predicted molar refractivity (Wildman–Crippen MR) is 157 cm³/mol. The number of halogens is 3. The van der Waals surface area contributed by atoms with Crippen molar-refractivity contribution in [3.8, 4) is 16.9 Å². The van der Waals surface area contributed by atoms with Gasteiger partial charge in [-0.15, -0.1) is 0 Å². The van der Waals surface area contributed by atoms with Gasteiger partial charge >= 0.3 is 6.18 Å². The number of pyridine rings is 1. The van der Waals surface area contributed by atoms with Gasteiger partial charge in [0.15, 0.2) is 0 Å². The fraction of sp³-hybridized carbons (Fsp3) is 0.471. The van der Waals surface area contributed by atoms with Crippen LogP contribution in [0.5, 0.6) is 5.75 Å². The van der Waals surface area contributed by atoms with Crippen molar-refractivity contribution in [1.82, 2.24) is 4.98 Å². The molecule has 224 valence electrons. The monoisotopic (exact) mass is 580 g/mol. The minimum absolute atomic E-state index is 0.0671. The summed E-state index contributed by atoms with van der Waals surface area (Å²) in [6, 6.07) is 16.3. The van der Waals surface area contributed by atoms with Gasteiger partial charge in [-0.25, -0.2) is 0 Å². The van der Waals surface area contributed by atoms with Gasteiger partial charge in [0.2, 0.25) is 5.91 Å². The molecule has 5 rings (SSSR count).